The second-order valence-corrected chi connectivity index (χ2v) is 7.82. The topological polar surface area (TPSA) is 41.1 Å². The number of hydrogen-bond donors (Lipinski definition) is 2. The van der Waals surface area contributed by atoms with E-state index in [1.807, 2.05) is 0 Å². The van der Waals surface area contributed by atoms with Crippen molar-refractivity contribution in [1.82, 2.24) is 10.6 Å². The number of nitrogens with one attached hydrogen (secondary N) is 2. The molecule has 1 saturated carbocycles. The van der Waals surface area contributed by atoms with Crippen LogP contribution in [0.1, 0.15) is 56.2 Å². The van der Waals surface area contributed by atoms with Crippen molar-refractivity contribution in [2.45, 2.75) is 56.8 Å². The fourth-order valence-corrected chi connectivity index (χ4v) is 5.00. The molecule has 1 aromatic rings. The van der Waals surface area contributed by atoms with Gasteiger partial charge in [-0.3, -0.25) is 4.79 Å². The second kappa shape index (κ2) is 9.05. The molecule has 0 aromatic carbocycles. The third-order valence-electron chi connectivity index (χ3n) is 5.37. The first-order valence-electron chi connectivity index (χ1n) is 8.84. The van der Waals surface area contributed by atoms with Crippen molar-refractivity contribution in [3.63, 3.8) is 0 Å². The van der Waals surface area contributed by atoms with Gasteiger partial charge in [0.2, 0.25) is 5.91 Å². The van der Waals surface area contributed by atoms with E-state index in [1.54, 1.807) is 11.3 Å². The number of carbonyl (C=O) groups is 1. The highest BCUT2D eigenvalue weighted by Gasteiger charge is 2.41. The normalized spacial score (nSPS) is 23.7. The van der Waals surface area contributed by atoms with Crippen LogP contribution < -0.4 is 10.6 Å². The monoisotopic (exact) mass is 356 g/mol. The molecule has 2 N–H and O–H groups in total. The van der Waals surface area contributed by atoms with Crippen LogP contribution in [0.3, 0.4) is 0 Å². The van der Waals surface area contributed by atoms with Gasteiger partial charge in [0.15, 0.2) is 0 Å². The van der Waals surface area contributed by atoms with Gasteiger partial charge in [-0.1, -0.05) is 25.3 Å². The van der Waals surface area contributed by atoms with E-state index in [4.69, 9.17) is 0 Å². The van der Waals surface area contributed by atoms with Crippen molar-refractivity contribution in [3.8, 4) is 0 Å². The standard InChI is InChI=1S/C18H28N2OS.ClH/c21-17(20-12-8-15-6-4-11-19-14-15)18(9-2-1-3-10-18)16-7-5-13-22-16;/h5,7,13,15,19H,1-4,6,8-12,14H2,(H,20,21);1H. The number of halogens is 1. The molecule has 1 atom stereocenters. The molecule has 1 saturated heterocycles. The van der Waals surface area contributed by atoms with E-state index in [-0.39, 0.29) is 23.7 Å². The Morgan fingerprint density at radius 1 is 1.30 bits per heavy atom. The van der Waals surface area contributed by atoms with Crippen LogP contribution in [0, 0.1) is 5.92 Å². The second-order valence-electron chi connectivity index (χ2n) is 6.88. The molecule has 23 heavy (non-hydrogen) atoms. The largest absolute Gasteiger partial charge is 0.355 e. The fraction of sp³-hybridized carbons (Fsp3) is 0.722. The average molecular weight is 357 g/mol. The van der Waals surface area contributed by atoms with Crippen molar-refractivity contribution >= 4 is 29.7 Å². The van der Waals surface area contributed by atoms with Gasteiger partial charge in [0.25, 0.3) is 0 Å². The van der Waals surface area contributed by atoms with Gasteiger partial charge >= 0.3 is 0 Å². The third kappa shape index (κ3) is 4.49. The highest BCUT2D eigenvalue weighted by Crippen LogP contribution is 2.41. The first-order chi connectivity index (χ1) is 10.8. The SMILES string of the molecule is Cl.O=C(NCCC1CCCNC1)C1(c2cccs2)CCCCC1. The van der Waals surface area contributed by atoms with Gasteiger partial charge in [0.05, 0.1) is 5.41 Å². The summed E-state index contributed by atoms with van der Waals surface area (Å²) in [7, 11) is 0. The lowest BCUT2D eigenvalue weighted by Crippen LogP contribution is -2.46. The van der Waals surface area contributed by atoms with Crippen LogP contribution in [0.4, 0.5) is 0 Å². The molecular formula is C18H29ClN2OS. The van der Waals surface area contributed by atoms with Crippen molar-refractivity contribution in [2.75, 3.05) is 19.6 Å². The lowest BCUT2D eigenvalue weighted by Gasteiger charge is -2.35. The highest BCUT2D eigenvalue weighted by atomic mass is 35.5. The summed E-state index contributed by atoms with van der Waals surface area (Å²) < 4.78 is 0. The number of rotatable bonds is 5. The summed E-state index contributed by atoms with van der Waals surface area (Å²) in [5.74, 6) is 1.01. The molecule has 3 nitrogen and oxygen atoms in total. The Hall–Kier alpha value is -0.580. The maximum Gasteiger partial charge on any atom is 0.231 e. The highest BCUT2D eigenvalue weighted by molar-refractivity contribution is 7.10. The smallest absolute Gasteiger partial charge is 0.231 e. The summed E-state index contributed by atoms with van der Waals surface area (Å²) in [6.07, 6.45) is 9.36. The minimum Gasteiger partial charge on any atom is -0.355 e. The van der Waals surface area contributed by atoms with E-state index in [1.165, 1.54) is 37.0 Å². The first kappa shape index (κ1) is 18.8. The molecule has 3 rings (SSSR count). The summed E-state index contributed by atoms with van der Waals surface area (Å²) in [4.78, 5) is 14.2. The van der Waals surface area contributed by atoms with Crippen LogP contribution in [-0.2, 0) is 10.2 Å². The van der Waals surface area contributed by atoms with Crippen molar-refractivity contribution in [1.29, 1.82) is 0 Å². The van der Waals surface area contributed by atoms with Crippen molar-refractivity contribution in [3.05, 3.63) is 22.4 Å². The molecule has 1 aliphatic carbocycles. The Kier molecular flexibility index (Phi) is 7.38. The average Bonchev–Trinajstić information content (AvgIpc) is 3.11. The summed E-state index contributed by atoms with van der Waals surface area (Å²) in [5.41, 5.74) is -0.239. The lowest BCUT2D eigenvalue weighted by molar-refractivity contribution is -0.128. The summed E-state index contributed by atoms with van der Waals surface area (Å²) >= 11 is 1.75. The van der Waals surface area contributed by atoms with Gasteiger partial charge in [-0.25, -0.2) is 0 Å². The van der Waals surface area contributed by atoms with E-state index in [2.05, 4.69) is 28.1 Å². The van der Waals surface area contributed by atoms with Gasteiger partial charge < -0.3 is 10.6 Å². The van der Waals surface area contributed by atoms with Gasteiger partial charge in [-0.05, 0) is 62.6 Å². The minimum absolute atomic E-state index is 0. The van der Waals surface area contributed by atoms with Crippen LogP contribution in [0.5, 0.6) is 0 Å². The zero-order valence-electron chi connectivity index (χ0n) is 13.8. The molecular weight excluding hydrogens is 328 g/mol. The molecule has 2 fully saturated rings. The van der Waals surface area contributed by atoms with Crippen LogP contribution >= 0.6 is 23.7 Å². The van der Waals surface area contributed by atoms with Crippen LogP contribution in [-0.4, -0.2) is 25.5 Å². The van der Waals surface area contributed by atoms with E-state index in [0.717, 1.165) is 44.8 Å². The number of amides is 1. The summed E-state index contributed by atoms with van der Waals surface area (Å²) in [6.45, 7) is 3.11. The number of piperidine rings is 1. The van der Waals surface area contributed by atoms with E-state index in [0.29, 0.717) is 0 Å². The molecule has 2 heterocycles. The molecule has 1 aromatic heterocycles. The predicted molar refractivity (Wildman–Crippen MR) is 99.6 cm³/mol. The number of hydrogen-bond acceptors (Lipinski definition) is 3. The molecule has 1 unspecified atom stereocenters. The van der Waals surface area contributed by atoms with Crippen LogP contribution in [0.25, 0.3) is 0 Å². The molecule has 0 spiro atoms. The number of thiophene rings is 1. The van der Waals surface area contributed by atoms with Gasteiger partial charge in [0, 0.05) is 11.4 Å². The Labute approximate surface area is 150 Å². The molecule has 0 bridgehead atoms. The molecule has 1 aliphatic heterocycles. The van der Waals surface area contributed by atoms with Crippen molar-refractivity contribution in [2.24, 2.45) is 5.92 Å². The molecule has 0 radical (unpaired) electrons. The number of carbonyl (C=O) groups excluding carboxylic acids is 1. The van der Waals surface area contributed by atoms with E-state index in [9.17, 15) is 4.79 Å². The maximum atomic E-state index is 12.9. The Morgan fingerprint density at radius 2 is 2.13 bits per heavy atom. The maximum absolute atomic E-state index is 12.9. The fourth-order valence-electron chi connectivity index (χ4n) is 4.02. The first-order valence-corrected chi connectivity index (χ1v) is 9.72. The Balaban J connectivity index is 0.00000192. The van der Waals surface area contributed by atoms with Crippen LogP contribution in [0.15, 0.2) is 17.5 Å². The van der Waals surface area contributed by atoms with Gasteiger partial charge in [0.1, 0.15) is 0 Å². The Bertz CT molecular complexity index is 465. The molecule has 5 heteroatoms. The van der Waals surface area contributed by atoms with Gasteiger partial charge in [-0.2, -0.15) is 0 Å². The quantitative estimate of drug-likeness (QED) is 0.840. The summed E-state index contributed by atoms with van der Waals surface area (Å²) in [6, 6.07) is 4.23. The zero-order chi connectivity index (χ0) is 15.3. The lowest BCUT2D eigenvalue weighted by atomic mass is 9.72. The van der Waals surface area contributed by atoms with E-state index >= 15 is 0 Å². The third-order valence-corrected chi connectivity index (χ3v) is 6.45. The Morgan fingerprint density at radius 3 is 2.78 bits per heavy atom. The molecule has 2 aliphatic rings. The zero-order valence-corrected chi connectivity index (χ0v) is 15.4. The van der Waals surface area contributed by atoms with Crippen molar-refractivity contribution < 1.29 is 4.79 Å². The predicted octanol–water partition coefficient (Wildman–Crippen LogP) is 3.88. The molecule has 130 valence electrons. The van der Waals surface area contributed by atoms with Gasteiger partial charge in [-0.15, -0.1) is 23.7 Å². The van der Waals surface area contributed by atoms with Crippen LogP contribution in [0.2, 0.25) is 0 Å². The van der Waals surface area contributed by atoms with E-state index < -0.39 is 0 Å². The molecule has 1 amide bonds. The minimum atomic E-state index is -0.239. The summed E-state index contributed by atoms with van der Waals surface area (Å²) in [5, 5.41) is 8.83.